The maximum absolute atomic E-state index is 12.2. The quantitative estimate of drug-likeness (QED) is 0.0516. The van der Waals surface area contributed by atoms with Gasteiger partial charge < -0.3 is 30.4 Å². The van der Waals surface area contributed by atoms with E-state index in [9.17, 15) is 19.2 Å². The predicted molar refractivity (Wildman–Crippen MR) is 246 cm³/mol. The number of esters is 4. The third kappa shape index (κ3) is 22.2. The van der Waals surface area contributed by atoms with Crippen LogP contribution < -0.4 is 0 Å². The van der Waals surface area contributed by atoms with Crippen LogP contribution in [0.2, 0.25) is 0 Å². The van der Waals surface area contributed by atoms with Crippen molar-refractivity contribution in [2.45, 2.75) is 102 Å². The Balaban J connectivity index is 0.000000387. The van der Waals surface area contributed by atoms with Crippen molar-refractivity contribution < 1.29 is 70.8 Å². The summed E-state index contributed by atoms with van der Waals surface area (Å²) in [7, 11) is 15.0. The second-order valence-electron chi connectivity index (χ2n) is 14.7. The van der Waals surface area contributed by atoms with Crippen LogP contribution in [0.1, 0.15) is 66.2 Å². The predicted octanol–water partition coefficient (Wildman–Crippen LogP) is 8.30. The molecule has 0 bridgehead atoms. The fourth-order valence-corrected chi connectivity index (χ4v) is 17.2. The molecule has 0 saturated carbocycles. The van der Waals surface area contributed by atoms with E-state index in [0.717, 1.165) is 58.9 Å². The molecule has 4 saturated heterocycles. The van der Waals surface area contributed by atoms with Crippen LogP contribution in [0.5, 0.6) is 0 Å². The molecule has 2 N–H and O–H groups in total. The van der Waals surface area contributed by atoms with E-state index in [1.165, 1.54) is 0 Å². The van der Waals surface area contributed by atoms with Gasteiger partial charge in [0.25, 0.3) is 0 Å². The van der Waals surface area contributed by atoms with Crippen LogP contribution in [0.15, 0.2) is 0 Å². The fraction of sp³-hybridized carbons (Fsp3) is 0.889. The van der Waals surface area contributed by atoms with Crippen molar-refractivity contribution in [3.05, 3.63) is 11.5 Å². The third-order valence-corrected chi connectivity index (χ3v) is 19.3. The monoisotopic (exact) mass is 1020 g/mol. The first-order valence-corrected chi connectivity index (χ1v) is 29.4. The van der Waals surface area contributed by atoms with Gasteiger partial charge in [0.2, 0.25) is 0 Å². The Labute approximate surface area is 398 Å². The first-order valence-electron chi connectivity index (χ1n) is 19.5. The second kappa shape index (κ2) is 32.3. The number of carbonyl (C=O) groups excluding carboxylic acids is 4. The zero-order valence-corrected chi connectivity index (χ0v) is 43.1. The van der Waals surface area contributed by atoms with E-state index in [1.54, 1.807) is 0 Å². The number of hydrogen-bond donors (Lipinski definition) is 0. The molecule has 4 aliphatic heterocycles. The van der Waals surface area contributed by atoms with Gasteiger partial charge in [-0.15, -0.1) is 13.1 Å². The standard InChI is InChI=1S/2C18H31N2O4S4.Y/c2*1-13(2)3-4-17(21)23-7-14(8-24-18(22)5-6-19)20(15-9-25-26-10-15)16-11-27-28-12-16;/h2*13-16,19H,3-12H2,1-2H3;/q2*-1;. The van der Waals surface area contributed by atoms with E-state index in [2.05, 4.69) is 37.5 Å². The van der Waals surface area contributed by atoms with E-state index in [-0.39, 0.29) is 121 Å². The average Bonchev–Trinajstić information content (AvgIpc) is 4.02. The van der Waals surface area contributed by atoms with Crippen molar-refractivity contribution in [1.82, 2.24) is 9.80 Å². The molecule has 4 rings (SSSR count). The molecule has 0 amide bonds. The number of rotatable bonds is 24. The summed E-state index contributed by atoms with van der Waals surface area (Å²) in [6, 6.07) is 1.32. The molecule has 4 fully saturated rings. The smallest absolute Gasteiger partial charge is 0.305 e. The molecule has 327 valence electrons. The summed E-state index contributed by atoms with van der Waals surface area (Å²) in [6.45, 7) is 9.37. The number of nitrogens with one attached hydrogen (secondary N) is 2. The summed E-state index contributed by atoms with van der Waals surface area (Å²) in [5.74, 6) is 8.16. The Morgan fingerprint density at radius 1 is 0.474 bits per heavy atom. The van der Waals surface area contributed by atoms with Gasteiger partial charge in [-0.2, -0.15) is 0 Å². The summed E-state index contributed by atoms with van der Waals surface area (Å²) >= 11 is 0. The minimum Gasteiger partial charge on any atom is -0.677 e. The summed E-state index contributed by atoms with van der Waals surface area (Å²) < 4.78 is 22.1. The Kier molecular flexibility index (Phi) is 31.0. The minimum atomic E-state index is -0.351. The Hall–Kier alpha value is 1.62. The van der Waals surface area contributed by atoms with Crippen molar-refractivity contribution in [2.75, 3.05) is 85.5 Å². The molecule has 0 spiro atoms. The van der Waals surface area contributed by atoms with Crippen molar-refractivity contribution in [2.24, 2.45) is 11.8 Å². The largest absolute Gasteiger partial charge is 0.677 e. The SMILES string of the molecule is CC(C)CCC(=O)OCC(COC(=O)CC[NH-])N(C1CSSC1)C1CSSC1.CC(C)CCC(=O)OCC(COC(=O)CC[NH-])N(C1CSSC1)C1CSSC1.[Y]. The Morgan fingerprint density at radius 2 is 0.702 bits per heavy atom. The molecule has 2 unspecified atom stereocenters. The molecule has 4 heterocycles. The maximum Gasteiger partial charge on any atom is 0.305 e. The van der Waals surface area contributed by atoms with Crippen LogP contribution in [-0.4, -0.2) is 155 Å². The van der Waals surface area contributed by atoms with Gasteiger partial charge in [0.15, 0.2) is 0 Å². The molecule has 2 atom stereocenters. The Bertz CT molecular complexity index is 1030. The molecule has 21 heteroatoms. The average molecular weight is 1020 g/mol. The zero-order valence-electron chi connectivity index (χ0n) is 33.8. The summed E-state index contributed by atoms with van der Waals surface area (Å²) in [6.07, 6.45) is 2.69. The topological polar surface area (TPSA) is 159 Å². The van der Waals surface area contributed by atoms with E-state index in [0.29, 0.717) is 48.8 Å². The summed E-state index contributed by atoms with van der Waals surface area (Å²) in [5.41, 5.74) is 14.4. The first-order chi connectivity index (χ1) is 27.0. The summed E-state index contributed by atoms with van der Waals surface area (Å²) in [4.78, 5) is 52.9. The number of hydrogen-bond acceptors (Lipinski definition) is 18. The maximum atomic E-state index is 12.2. The number of nitrogens with zero attached hydrogens (tertiary/aromatic N) is 2. The van der Waals surface area contributed by atoms with Crippen LogP contribution >= 0.6 is 86.4 Å². The van der Waals surface area contributed by atoms with Gasteiger partial charge >= 0.3 is 23.9 Å². The molecule has 1 radical (unpaired) electrons. The normalized spacial score (nSPS) is 19.1. The van der Waals surface area contributed by atoms with E-state index < -0.39 is 0 Å². The molecule has 0 aliphatic carbocycles. The van der Waals surface area contributed by atoms with Gasteiger partial charge in [0.05, 0.1) is 12.1 Å². The number of ether oxygens (including phenoxy) is 4. The molecule has 0 aromatic heterocycles. The molecule has 0 aromatic carbocycles. The van der Waals surface area contributed by atoms with Gasteiger partial charge in [0.1, 0.15) is 26.4 Å². The first kappa shape index (κ1) is 54.8. The van der Waals surface area contributed by atoms with Gasteiger partial charge in [0, 0.05) is 129 Å². The van der Waals surface area contributed by atoms with Gasteiger partial charge in [-0.1, -0.05) is 114 Å². The van der Waals surface area contributed by atoms with E-state index >= 15 is 0 Å². The van der Waals surface area contributed by atoms with Crippen molar-refractivity contribution in [3.8, 4) is 0 Å². The van der Waals surface area contributed by atoms with Crippen LogP contribution in [0.25, 0.3) is 11.5 Å². The zero-order chi connectivity index (χ0) is 40.7. The van der Waals surface area contributed by atoms with Crippen LogP contribution in [0.4, 0.5) is 0 Å². The minimum absolute atomic E-state index is 0. The fourth-order valence-electron chi connectivity index (χ4n) is 6.19. The third-order valence-electron chi connectivity index (χ3n) is 9.20. The molecule has 57 heavy (non-hydrogen) atoms. The van der Waals surface area contributed by atoms with E-state index in [1.807, 2.05) is 86.4 Å². The van der Waals surface area contributed by atoms with Gasteiger partial charge in [-0.3, -0.25) is 29.0 Å². The molecule has 0 aromatic rings. The Morgan fingerprint density at radius 3 is 0.912 bits per heavy atom. The number of carbonyl (C=O) groups is 4. The van der Waals surface area contributed by atoms with Crippen LogP contribution in [0, 0.1) is 11.8 Å². The molecular weight excluding hydrogens is 962 g/mol. The van der Waals surface area contributed by atoms with Gasteiger partial charge in [-0.25, -0.2) is 0 Å². The van der Waals surface area contributed by atoms with Crippen LogP contribution in [-0.2, 0) is 70.8 Å². The van der Waals surface area contributed by atoms with Crippen LogP contribution in [0.3, 0.4) is 0 Å². The second-order valence-corrected chi connectivity index (χ2v) is 24.9. The van der Waals surface area contributed by atoms with Crippen molar-refractivity contribution in [3.63, 3.8) is 0 Å². The molecular formula is C36H62N4O8S8Y-2. The summed E-state index contributed by atoms with van der Waals surface area (Å²) in [5, 5.41) is 0. The molecule has 4 aliphatic rings. The van der Waals surface area contributed by atoms with Crippen molar-refractivity contribution in [1.29, 1.82) is 0 Å². The van der Waals surface area contributed by atoms with E-state index in [4.69, 9.17) is 30.4 Å². The van der Waals surface area contributed by atoms with Crippen molar-refractivity contribution >= 4 is 110 Å². The molecule has 12 nitrogen and oxygen atoms in total. The van der Waals surface area contributed by atoms with Gasteiger partial charge in [-0.05, 0) is 24.7 Å².